The van der Waals surface area contributed by atoms with Gasteiger partial charge in [0.25, 0.3) is 0 Å². The van der Waals surface area contributed by atoms with Crippen molar-refractivity contribution >= 4 is 55.0 Å². The predicted molar refractivity (Wildman–Crippen MR) is 87.1 cm³/mol. The summed E-state index contributed by atoms with van der Waals surface area (Å²) >= 11 is 3.51. The Morgan fingerprint density at radius 3 is 2.57 bits per heavy atom. The van der Waals surface area contributed by atoms with Crippen molar-refractivity contribution in [3.8, 4) is 0 Å². The second-order valence-corrected chi connectivity index (χ2v) is 6.50. The first kappa shape index (κ1) is 14.6. The number of hydrogen-bond donors (Lipinski definition) is 1. The average molecular weight is 420 g/mol. The van der Waals surface area contributed by atoms with Crippen LogP contribution in [-0.2, 0) is 6.18 Å². The SMILES string of the molecule is FC(F)(F)c1ccc2sc(Nc3ccccc3I)nc2c1. The van der Waals surface area contributed by atoms with Crippen molar-refractivity contribution in [3.63, 3.8) is 0 Å². The van der Waals surface area contributed by atoms with Crippen molar-refractivity contribution < 1.29 is 13.2 Å². The molecule has 0 saturated carbocycles. The van der Waals surface area contributed by atoms with Gasteiger partial charge in [-0.25, -0.2) is 4.98 Å². The van der Waals surface area contributed by atoms with Crippen molar-refractivity contribution in [3.05, 3.63) is 51.6 Å². The summed E-state index contributed by atoms with van der Waals surface area (Å²) in [6.07, 6.45) is -4.35. The molecule has 0 saturated heterocycles. The molecule has 21 heavy (non-hydrogen) atoms. The lowest BCUT2D eigenvalue weighted by molar-refractivity contribution is -0.137. The number of thiazole rings is 1. The van der Waals surface area contributed by atoms with Crippen molar-refractivity contribution in [2.75, 3.05) is 5.32 Å². The van der Waals surface area contributed by atoms with Crippen LogP contribution in [-0.4, -0.2) is 4.98 Å². The Balaban J connectivity index is 1.96. The van der Waals surface area contributed by atoms with Crippen LogP contribution in [0.25, 0.3) is 10.2 Å². The number of alkyl halides is 3. The zero-order valence-electron chi connectivity index (χ0n) is 10.4. The number of nitrogens with zero attached hydrogens (tertiary/aromatic N) is 1. The van der Waals surface area contributed by atoms with E-state index in [1.807, 2.05) is 24.3 Å². The molecule has 0 unspecified atom stereocenters. The minimum Gasteiger partial charge on any atom is -0.331 e. The molecule has 0 aliphatic heterocycles. The van der Waals surface area contributed by atoms with Gasteiger partial charge in [-0.15, -0.1) is 0 Å². The number of rotatable bonds is 2. The topological polar surface area (TPSA) is 24.9 Å². The third-order valence-electron chi connectivity index (χ3n) is 2.83. The zero-order chi connectivity index (χ0) is 15.0. The fourth-order valence-corrected chi connectivity index (χ4v) is 3.22. The normalized spacial score (nSPS) is 11.8. The van der Waals surface area contributed by atoms with Crippen molar-refractivity contribution in [2.45, 2.75) is 6.18 Å². The molecule has 3 rings (SSSR count). The first-order chi connectivity index (χ1) is 9.93. The number of aromatic nitrogens is 1. The number of nitrogens with one attached hydrogen (secondary N) is 1. The lowest BCUT2D eigenvalue weighted by Gasteiger charge is -2.05. The highest BCUT2D eigenvalue weighted by Crippen LogP contribution is 2.35. The monoisotopic (exact) mass is 420 g/mol. The van der Waals surface area contributed by atoms with Gasteiger partial charge in [0.1, 0.15) is 0 Å². The van der Waals surface area contributed by atoms with Gasteiger partial charge >= 0.3 is 6.18 Å². The zero-order valence-corrected chi connectivity index (χ0v) is 13.4. The van der Waals surface area contributed by atoms with Gasteiger partial charge < -0.3 is 5.32 Å². The lowest BCUT2D eigenvalue weighted by Crippen LogP contribution is -2.03. The van der Waals surface area contributed by atoms with Gasteiger partial charge in [0.15, 0.2) is 5.13 Å². The van der Waals surface area contributed by atoms with Crippen LogP contribution in [0.2, 0.25) is 0 Å². The Kier molecular flexibility index (Phi) is 3.78. The van der Waals surface area contributed by atoms with Gasteiger partial charge in [-0.1, -0.05) is 23.5 Å². The summed E-state index contributed by atoms with van der Waals surface area (Å²) in [5.74, 6) is 0. The summed E-state index contributed by atoms with van der Waals surface area (Å²) in [6.45, 7) is 0. The van der Waals surface area contributed by atoms with Crippen molar-refractivity contribution in [1.29, 1.82) is 0 Å². The van der Waals surface area contributed by atoms with E-state index in [-0.39, 0.29) is 0 Å². The molecule has 1 N–H and O–H groups in total. The first-order valence-corrected chi connectivity index (χ1v) is 7.82. The van der Waals surface area contributed by atoms with Crippen LogP contribution < -0.4 is 5.32 Å². The van der Waals surface area contributed by atoms with Gasteiger partial charge in [-0.3, -0.25) is 0 Å². The molecule has 0 aliphatic carbocycles. The van der Waals surface area contributed by atoms with E-state index in [0.717, 1.165) is 26.1 Å². The first-order valence-electron chi connectivity index (χ1n) is 5.93. The van der Waals surface area contributed by atoms with Crippen LogP contribution in [0.5, 0.6) is 0 Å². The highest BCUT2D eigenvalue weighted by molar-refractivity contribution is 14.1. The van der Waals surface area contributed by atoms with E-state index in [0.29, 0.717) is 10.6 Å². The molecule has 0 bridgehead atoms. The van der Waals surface area contributed by atoms with E-state index in [4.69, 9.17) is 0 Å². The van der Waals surface area contributed by atoms with Gasteiger partial charge in [0.05, 0.1) is 21.5 Å². The molecule has 0 radical (unpaired) electrons. The van der Waals surface area contributed by atoms with Crippen LogP contribution in [0, 0.1) is 3.57 Å². The van der Waals surface area contributed by atoms with Gasteiger partial charge in [0.2, 0.25) is 0 Å². The smallest absolute Gasteiger partial charge is 0.331 e. The molecular weight excluding hydrogens is 412 g/mol. The molecule has 7 heteroatoms. The maximum atomic E-state index is 12.7. The fraction of sp³-hybridized carbons (Fsp3) is 0.0714. The highest BCUT2D eigenvalue weighted by atomic mass is 127. The van der Waals surface area contributed by atoms with E-state index in [1.165, 1.54) is 17.4 Å². The van der Waals surface area contributed by atoms with Crippen molar-refractivity contribution in [2.24, 2.45) is 0 Å². The lowest BCUT2D eigenvalue weighted by atomic mass is 10.2. The molecule has 0 atom stereocenters. The van der Waals surface area contributed by atoms with Crippen LogP contribution in [0.4, 0.5) is 24.0 Å². The van der Waals surface area contributed by atoms with Gasteiger partial charge in [-0.05, 0) is 52.9 Å². The predicted octanol–water partition coefficient (Wildman–Crippen LogP) is 5.66. The highest BCUT2D eigenvalue weighted by Gasteiger charge is 2.30. The molecule has 108 valence electrons. The maximum Gasteiger partial charge on any atom is 0.416 e. The summed E-state index contributed by atoms with van der Waals surface area (Å²) < 4.78 is 39.8. The van der Waals surface area contributed by atoms with E-state index in [2.05, 4.69) is 32.9 Å². The maximum absolute atomic E-state index is 12.7. The molecule has 2 nitrogen and oxygen atoms in total. The Morgan fingerprint density at radius 1 is 1.10 bits per heavy atom. The molecule has 0 fully saturated rings. The van der Waals surface area contributed by atoms with Crippen LogP contribution >= 0.6 is 33.9 Å². The molecule has 1 aromatic heterocycles. The fourth-order valence-electron chi connectivity index (χ4n) is 1.84. The van der Waals surface area contributed by atoms with E-state index in [1.54, 1.807) is 0 Å². The number of halogens is 4. The molecule has 0 aliphatic rings. The average Bonchev–Trinajstić information content (AvgIpc) is 2.81. The summed E-state index contributed by atoms with van der Waals surface area (Å²) in [6, 6.07) is 11.3. The molecule has 3 aromatic rings. The number of anilines is 2. The molecule has 1 heterocycles. The number of hydrogen-bond acceptors (Lipinski definition) is 3. The van der Waals surface area contributed by atoms with Crippen LogP contribution in [0.15, 0.2) is 42.5 Å². The minimum absolute atomic E-state index is 0.350. The van der Waals surface area contributed by atoms with Crippen molar-refractivity contribution in [1.82, 2.24) is 4.98 Å². The second kappa shape index (κ2) is 5.45. The minimum atomic E-state index is -4.35. The summed E-state index contributed by atoms with van der Waals surface area (Å²) in [5.41, 5.74) is 0.553. The van der Waals surface area contributed by atoms with E-state index in [9.17, 15) is 13.2 Å². The Labute approximate surface area is 136 Å². The molecule has 0 amide bonds. The molecule has 2 aromatic carbocycles. The van der Waals surface area contributed by atoms with Gasteiger partial charge in [0, 0.05) is 3.57 Å². The Bertz CT molecular complexity index is 798. The van der Waals surface area contributed by atoms with E-state index < -0.39 is 11.7 Å². The Hall–Kier alpha value is -1.35. The summed E-state index contributed by atoms with van der Waals surface area (Å²) in [5, 5.41) is 3.72. The number of para-hydroxylation sites is 1. The molecular formula is C14H8F3IN2S. The number of benzene rings is 2. The van der Waals surface area contributed by atoms with Crippen LogP contribution in [0.1, 0.15) is 5.56 Å². The third-order valence-corrected chi connectivity index (χ3v) is 4.72. The van der Waals surface area contributed by atoms with Crippen LogP contribution in [0.3, 0.4) is 0 Å². The molecule has 0 spiro atoms. The Morgan fingerprint density at radius 2 is 1.86 bits per heavy atom. The number of fused-ring (bicyclic) bond motifs is 1. The van der Waals surface area contributed by atoms with Gasteiger partial charge in [-0.2, -0.15) is 13.2 Å². The largest absolute Gasteiger partial charge is 0.416 e. The third kappa shape index (κ3) is 3.13. The second-order valence-electron chi connectivity index (χ2n) is 4.30. The van der Waals surface area contributed by atoms with E-state index >= 15 is 0 Å². The standard InChI is InChI=1S/C14H8F3IN2S/c15-14(16,17)8-5-6-12-11(7-8)20-13(21-12)19-10-4-2-1-3-9(10)18/h1-7H,(H,19,20). The summed E-state index contributed by atoms with van der Waals surface area (Å²) in [7, 11) is 0. The summed E-state index contributed by atoms with van der Waals surface area (Å²) in [4.78, 5) is 4.23. The quantitative estimate of drug-likeness (QED) is 0.541.